The highest BCUT2D eigenvalue weighted by Crippen LogP contribution is 2.41. The van der Waals surface area contributed by atoms with Gasteiger partial charge in [0.2, 0.25) is 17.6 Å². The van der Waals surface area contributed by atoms with E-state index in [-0.39, 0.29) is 37.6 Å². The SMILES string of the molecule is COCCNC(=O)[C@@H](NC(=O)C(Cc1ccc(OC)c(OC)c1OC)CC(O)C(Cc1ccccc1)NC(=O)OC(C)(C)C)C(C)C. The number of benzene rings is 2. The molecule has 0 bridgehead atoms. The van der Waals surface area contributed by atoms with Gasteiger partial charge in [0.05, 0.1) is 40.1 Å². The summed E-state index contributed by atoms with van der Waals surface area (Å²) in [5, 5.41) is 20.2. The number of alkyl carbamates (subject to hydrolysis) is 1. The zero-order valence-corrected chi connectivity index (χ0v) is 29.2. The van der Waals surface area contributed by atoms with Crippen molar-refractivity contribution in [1.82, 2.24) is 16.0 Å². The summed E-state index contributed by atoms with van der Waals surface area (Å²) in [5.41, 5.74) is 0.750. The summed E-state index contributed by atoms with van der Waals surface area (Å²) in [5.74, 6) is -0.695. The van der Waals surface area contributed by atoms with E-state index in [1.807, 2.05) is 44.2 Å². The Morgan fingerprint density at radius 1 is 0.830 bits per heavy atom. The van der Waals surface area contributed by atoms with Gasteiger partial charge in [-0.15, -0.1) is 0 Å². The largest absolute Gasteiger partial charge is 0.493 e. The molecule has 0 heterocycles. The fourth-order valence-corrected chi connectivity index (χ4v) is 5.13. The second kappa shape index (κ2) is 19.0. The maximum Gasteiger partial charge on any atom is 0.407 e. The number of ether oxygens (including phenoxy) is 5. The van der Waals surface area contributed by atoms with Crippen LogP contribution >= 0.6 is 0 Å². The minimum Gasteiger partial charge on any atom is -0.493 e. The third-order valence-corrected chi connectivity index (χ3v) is 7.47. The van der Waals surface area contributed by atoms with Crippen LogP contribution < -0.4 is 30.2 Å². The minimum atomic E-state index is -1.18. The van der Waals surface area contributed by atoms with Gasteiger partial charge in [-0.1, -0.05) is 50.2 Å². The Balaban J connectivity index is 2.49. The lowest BCUT2D eigenvalue weighted by atomic mass is 9.87. The van der Waals surface area contributed by atoms with E-state index in [0.29, 0.717) is 29.4 Å². The summed E-state index contributed by atoms with van der Waals surface area (Å²) < 4.78 is 27.2. The number of nitrogens with one attached hydrogen (secondary N) is 3. The summed E-state index contributed by atoms with van der Waals surface area (Å²) in [7, 11) is 6.03. The van der Waals surface area contributed by atoms with Crippen molar-refractivity contribution in [2.24, 2.45) is 11.8 Å². The number of methoxy groups -OCH3 is 4. The molecule has 0 aliphatic heterocycles. The van der Waals surface area contributed by atoms with Crippen molar-refractivity contribution in [3.63, 3.8) is 0 Å². The van der Waals surface area contributed by atoms with Crippen molar-refractivity contribution in [3.05, 3.63) is 53.6 Å². The highest BCUT2D eigenvalue weighted by atomic mass is 16.6. The lowest BCUT2D eigenvalue weighted by Crippen LogP contribution is -2.53. The first-order chi connectivity index (χ1) is 22.2. The van der Waals surface area contributed by atoms with E-state index in [4.69, 9.17) is 23.7 Å². The van der Waals surface area contributed by atoms with Crippen LogP contribution in [-0.4, -0.2) is 88.4 Å². The van der Waals surface area contributed by atoms with Crippen LogP contribution in [0.1, 0.15) is 52.2 Å². The van der Waals surface area contributed by atoms with E-state index in [1.54, 1.807) is 32.9 Å². The monoisotopic (exact) mass is 659 g/mol. The van der Waals surface area contributed by atoms with Crippen LogP contribution in [0.15, 0.2) is 42.5 Å². The number of hydrogen-bond acceptors (Lipinski definition) is 9. The van der Waals surface area contributed by atoms with E-state index < -0.39 is 41.7 Å². The van der Waals surface area contributed by atoms with Gasteiger partial charge in [-0.25, -0.2) is 4.79 Å². The highest BCUT2D eigenvalue weighted by Gasteiger charge is 2.33. The molecule has 262 valence electrons. The lowest BCUT2D eigenvalue weighted by Gasteiger charge is -2.30. The van der Waals surface area contributed by atoms with Crippen molar-refractivity contribution < 1.29 is 43.2 Å². The molecule has 0 saturated heterocycles. The van der Waals surface area contributed by atoms with E-state index in [1.165, 1.54) is 28.4 Å². The Morgan fingerprint density at radius 3 is 2.04 bits per heavy atom. The molecule has 0 radical (unpaired) electrons. The standard InChI is InChI=1S/C35H53N3O9/c1-22(2)29(33(41)36-17-18-43-6)38-32(40)25(20-24-15-16-28(44-7)31(46-9)30(24)45-8)21-27(39)26(19-23-13-11-10-12-14-23)37-34(42)47-35(3,4)5/h10-16,22,25-27,29,39H,17-21H2,1-9H3,(H,36,41)(H,37,42)(H,38,40)/t25?,26?,27?,29-/m0/s1. The molecule has 0 fully saturated rings. The Labute approximate surface area is 278 Å². The van der Waals surface area contributed by atoms with Crippen molar-refractivity contribution in [1.29, 1.82) is 0 Å². The van der Waals surface area contributed by atoms with Crippen LogP contribution in [0.4, 0.5) is 4.79 Å². The predicted molar refractivity (Wildman–Crippen MR) is 179 cm³/mol. The third-order valence-electron chi connectivity index (χ3n) is 7.47. The molecule has 12 heteroatoms. The molecule has 3 unspecified atom stereocenters. The molecule has 4 N–H and O–H groups in total. The van der Waals surface area contributed by atoms with Gasteiger partial charge in [0.25, 0.3) is 0 Å². The van der Waals surface area contributed by atoms with Gasteiger partial charge < -0.3 is 44.7 Å². The number of hydrogen-bond donors (Lipinski definition) is 4. The molecule has 12 nitrogen and oxygen atoms in total. The van der Waals surface area contributed by atoms with Crippen molar-refractivity contribution >= 4 is 17.9 Å². The second-order valence-electron chi connectivity index (χ2n) is 12.7. The maximum absolute atomic E-state index is 14.1. The Morgan fingerprint density at radius 2 is 1.49 bits per heavy atom. The fourth-order valence-electron chi connectivity index (χ4n) is 5.13. The average Bonchev–Trinajstić information content (AvgIpc) is 3.01. The molecule has 3 amide bonds. The minimum absolute atomic E-state index is 0.0628. The third kappa shape index (κ3) is 12.6. The summed E-state index contributed by atoms with van der Waals surface area (Å²) in [6.45, 7) is 9.54. The quantitative estimate of drug-likeness (QED) is 0.176. The lowest BCUT2D eigenvalue weighted by molar-refractivity contribution is -0.132. The fraction of sp³-hybridized carbons (Fsp3) is 0.571. The van der Waals surface area contributed by atoms with Crippen LogP contribution in [0.25, 0.3) is 0 Å². The van der Waals surface area contributed by atoms with E-state index in [0.717, 1.165) is 5.56 Å². The van der Waals surface area contributed by atoms with Gasteiger partial charge in [0.1, 0.15) is 11.6 Å². The van der Waals surface area contributed by atoms with Crippen LogP contribution in [0, 0.1) is 11.8 Å². The molecule has 2 aromatic carbocycles. The molecule has 0 spiro atoms. The second-order valence-corrected chi connectivity index (χ2v) is 12.7. The Bertz CT molecular complexity index is 1280. The van der Waals surface area contributed by atoms with Crippen molar-refractivity contribution in [3.8, 4) is 17.2 Å². The molecule has 4 atom stereocenters. The Hall–Kier alpha value is -4.03. The normalized spacial score (nSPS) is 13.9. The first-order valence-corrected chi connectivity index (χ1v) is 15.8. The number of amides is 3. The van der Waals surface area contributed by atoms with E-state index in [9.17, 15) is 19.5 Å². The zero-order valence-electron chi connectivity index (χ0n) is 29.2. The molecular weight excluding hydrogens is 606 g/mol. The molecular formula is C35H53N3O9. The summed E-state index contributed by atoms with van der Waals surface area (Å²) >= 11 is 0. The number of aliphatic hydroxyl groups excluding tert-OH is 1. The van der Waals surface area contributed by atoms with Gasteiger partial charge in [0, 0.05) is 19.6 Å². The van der Waals surface area contributed by atoms with E-state index in [2.05, 4.69) is 16.0 Å². The van der Waals surface area contributed by atoms with Gasteiger partial charge in [0.15, 0.2) is 11.5 Å². The smallest absolute Gasteiger partial charge is 0.407 e. The number of rotatable bonds is 18. The van der Waals surface area contributed by atoms with Crippen LogP contribution in [0.3, 0.4) is 0 Å². The van der Waals surface area contributed by atoms with Gasteiger partial charge >= 0.3 is 6.09 Å². The topological polar surface area (TPSA) is 154 Å². The molecule has 0 aliphatic rings. The zero-order chi connectivity index (χ0) is 35.1. The molecule has 0 saturated carbocycles. The highest BCUT2D eigenvalue weighted by molar-refractivity contribution is 5.89. The van der Waals surface area contributed by atoms with Crippen LogP contribution in [0.5, 0.6) is 17.2 Å². The summed E-state index contributed by atoms with van der Waals surface area (Å²) in [6.07, 6.45) is -1.53. The molecule has 0 aromatic heterocycles. The molecule has 2 rings (SSSR count). The van der Waals surface area contributed by atoms with Gasteiger partial charge in [-0.05, 0) is 63.1 Å². The summed E-state index contributed by atoms with van der Waals surface area (Å²) in [6, 6.07) is 11.2. The molecule has 47 heavy (non-hydrogen) atoms. The van der Waals surface area contributed by atoms with Crippen LogP contribution in [-0.2, 0) is 31.9 Å². The molecule has 0 aliphatic carbocycles. The predicted octanol–water partition coefficient (Wildman–Crippen LogP) is 3.66. The van der Waals surface area contributed by atoms with E-state index >= 15 is 0 Å². The number of aliphatic hydroxyl groups is 1. The summed E-state index contributed by atoms with van der Waals surface area (Å²) in [4.78, 5) is 40.0. The van der Waals surface area contributed by atoms with Gasteiger partial charge in [-0.2, -0.15) is 0 Å². The average molecular weight is 660 g/mol. The van der Waals surface area contributed by atoms with Gasteiger partial charge in [-0.3, -0.25) is 9.59 Å². The van der Waals surface area contributed by atoms with Crippen molar-refractivity contribution in [2.75, 3.05) is 41.6 Å². The Kier molecular flexibility index (Phi) is 15.8. The number of carbonyl (C=O) groups excluding carboxylic acids is 3. The number of carbonyl (C=O) groups is 3. The molecule has 2 aromatic rings. The maximum atomic E-state index is 14.1. The van der Waals surface area contributed by atoms with Crippen LogP contribution in [0.2, 0.25) is 0 Å². The first kappa shape index (κ1) is 39.1. The first-order valence-electron chi connectivity index (χ1n) is 15.8. The van der Waals surface area contributed by atoms with Crippen molar-refractivity contribution in [2.45, 2.75) is 77.7 Å².